The van der Waals surface area contributed by atoms with E-state index in [0.717, 1.165) is 0 Å². The predicted octanol–water partition coefficient (Wildman–Crippen LogP) is 1.59. The first kappa shape index (κ1) is 16.7. The van der Waals surface area contributed by atoms with Crippen molar-refractivity contribution in [3.8, 4) is 5.88 Å². The van der Waals surface area contributed by atoms with Crippen LogP contribution in [-0.4, -0.2) is 49.7 Å². The first-order valence-electron chi connectivity index (χ1n) is 5.56. The van der Waals surface area contributed by atoms with Crippen molar-refractivity contribution in [2.75, 3.05) is 39.6 Å². The quantitative estimate of drug-likeness (QED) is 0.632. The van der Waals surface area contributed by atoms with Crippen LogP contribution in [0.1, 0.15) is 0 Å². The third-order valence-corrected chi connectivity index (χ3v) is 2.89. The van der Waals surface area contributed by atoms with Crippen LogP contribution in [0.2, 0.25) is 10.0 Å². The van der Waals surface area contributed by atoms with Gasteiger partial charge in [-0.1, -0.05) is 23.2 Å². The molecule has 0 saturated carbocycles. The molecule has 9 heteroatoms. The molecule has 112 valence electrons. The number of likely N-dealkylation sites (N-methyl/N-ethyl adjacent to an activating group) is 1. The molecule has 6 nitrogen and oxygen atoms in total. The van der Waals surface area contributed by atoms with E-state index in [1.165, 1.54) is 0 Å². The van der Waals surface area contributed by atoms with Crippen LogP contribution in [0.15, 0.2) is 0 Å². The van der Waals surface area contributed by atoms with Crippen molar-refractivity contribution in [3.05, 3.63) is 16.0 Å². The first-order chi connectivity index (χ1) is 9.32. The molecule has 0 aliphatic rings. The average Bonchev–Trinajstić information content (AvgIpc) is 2.38. The smallest absolute Gasteiger partial charge is 0.344 e. The van der Waals surface area contributed by atoms with E-state index >= 15 is 0 Å². The van der Waals surface area contributed by atoms with Gasteiger partial charge in [0, 0.05) is 6.54 Å². The Bertz CT molecular complexity index is 500. The minimum absolute atomic E-state index is 0.155. The van der Waals surface area contributed by atoms with E-state index < -0.39 is 23.5 Å². The second-order valence-corrected chi connectivity index (χ2v) is 4.82. The SMILES string of the molecule is CN(C)CCOC(=O)COc1nc(F)c(Cl)c(N)c1Cl. The minimum Gasteiger partial charge on any atom is -0.464 e. The Kier molecular flexibility index (Phi) is 6.25. The fraction of sp³-hybridized carbons (Fsp3) is 0.455. The molecule has 0 atom stereocenters. The molecule has 0 aromatic carbocycles. The van der Waals surface area contributed by atoms with Gasteiger partial charge in [-0.2, -0.15) is 9.37 Å². The van der Waals surface area contributed by atoms with Crippen LogP contribution in [0.25, 0.3) is 0 Å². The number of nitrogens with zero attached hydrogens (tertiary/aromatic N) is 2. The van der Waals surface area contributed by atoms with Gasteiger partial charge in [0.05, 0.1) is 5.69 Å². The maximum Gasteiger partial charge on any atom is 0.344 e. The molecule has 0 fully saturated rings. The summed E-state index contributed by atoms with van der Waals surface area (Å²) in [6.45, 7) is 0.335. The number of esters is 1. The number of carbonyl (C=O) groups is 1. The van der Waals surface area contributed by atoms with E-state index in [-0.39, 0.29) is 23.2 Å². The van der Waals surface area contributed by atoms with E-state index in [0.29, 0.717) is 6.54 Å². The summed E-state index contributed by atoms with van der Waals surface area (Å²) in [5, 5.41) is -0.548. The Morgan fingerprint density at radius 3 is 2.65 bits per heavy atom. The molecular formula is C11H14Cl2FN3O3. The number of halogens is 3. The number of rotatable bonds is 6. The van der Waals surface area contributed by atoms with Crippen molar-refractivity contribution in [2.45, 2.75) is 0 Å². The molecular weight excluding hydrogens is 312 g/mol. The van der Waals surface area contributed by atoms with Crippen LogP contribution in [-0.2, 0) is 9.53 Å². The summed E-state index contributed by atoms with van der Waals surface area (Å²) < 4.78 is 23.1. The Labute approximate surface area is 125 Å². The number of pyridine rings is 1. The number of nitrogen functional groups attached to an aromatic ring is 1. The molecule has 1 rings (SSSR count). The zero-order chi connectivity index (χ0) is 15.3. The van der Waals surface area contributed by atoms with E-state index in [2.05, 4.69) is 4.98 Å². The molecule has 0 unspecified atom stereocenters. The van der Waals surface area contributed by atoms with E-state index in [9.17, 15) is 9.18 Å². The first-order valence-corrected chi connectivity index (χ1v) is 6.31. The number of anilines is 1. The molecule has 0 aliphatic heterocycles. The number of hydrogen-bond donors (Lipinski definition) is 1. The largest absolute Gasteiger partial charge is 0.464 e. The van der Waals surface area contributed by atoms with Crippen LogP contribution in [0.3, 0.4) is 0 Å². The molecule has 1 aromatic heterocycles. The summed E-state index contributed by atoms with van der Waals surface area (Å²) in [5.41, 5.74) is 5.26. The van der Waals surface area contributed by atoms with Gasteiger partial charge in [-0.15, -0.1) is 0 Å². The normalized spacial score (nSPS) is 10.7. The standard InChI is InChI=1S/C11H14Cl2FN3O3/c1-17(2)3-4-19-6(18)5-20-11-8(13)9(15)7(12)10(14)16-11/h3-5H2,1-2H3,(H2,15,16). The molecule has 0 radical (unpaired) electrons. The van der Waals surface area contributed by atoms with Gasteiger partial charge in [0.25, 0.3) is 0 Å². The van der Waals surface area contributed by atoms with Gasteiger partial charge in [-0.05, 0) is 14.1 Å². The van der Waals surface area contributed by atoms with Crippen molar-refractivity contribution in [1.29, 1.82) is 0 Å². The number of hydrogen-bond acceptors (Lipinski definition) is 6. The minimum atomic E-state index is -1.02. The van der Waals surface area contributed by atoms with Crippen LogP contribution in [0.5, 0.6) is 5.88 Å². The van der Waals surface area contributed by atoms with Gasteiger partial charge >= 0.3 is 5.97 Å². The molecule has 0 aliphatic carbocycles. The molecule has 0 amide bonds. The highest BCUT2D eigenvalue weighted by atomic mass is 35.5. The summed E-state index contributed by atoms with van der Waals surface area (Å²) in [4.78, 5) is 16.6. The lowest BCUT2D eigenvalue weighted by molar-refractivity contribution is -0.146. The van der Waals surface area contributed by atoms with Gasteiger partial charge in [0.15, 0.2) is 6.61 Å². The van der Waals surface area contributed by atoms with E-state index in [1.54, 1.807) is 0 Å². The number of carbonyl (C=O) groups excluding carboxylic acids is 1. The van der Waals surface area contributed by atoms with Crippen LogP contribution in [0.4, 0.5) is 10.1 Å². The van der Waals surface area contributed by atoms with Crippen LogP contribution < -0.4 is 10.5 Å². The summed E-state index contributed by atoms with van der Waals surface area (Å²) in [5.74, 6) is -1.96. The summed E-state index contributed by atoms with van der Waals surface area (Å²) in [6.07, 6.45) is 0. The molecule has 1 heterocycles. The van der Waals surface area contributed by atoms with Crippen molar-refractivity contribution in [1.82, 2.24) is 9.88 Å². The third kappa shape index (κ3) is 4.66. The molecule has 1 aromatic rings. The molecule has 2 N–H and O–H groups in total. The summed E-state index contributed by atoms with van der Waals surface area (Å²) in [7, 11) is 3.68. The fourth-order valence-corrected chi connectivity index (χ4v) is 1.49. The number of nitrogens with two attached hydrogens (primary N) is 1. The van der Waals surface area contributed by atoms with Crippen LogP contribution in [0, 0.1) is 5.95 Å². The van der Waals surface area contributed by atoms with Gasteiger partial charge in [-0.25, -0.2) is 4.79 Å². The monoisotopic (exact) mass is 325 g/mol. The molecule has 0 bridgehead atoms. The van der Waals surface area contributed by atoms with Gasteiger partial charge in [0.2, 0.25) is 11.8 Å². The highest BCUT2D eigenvalue weighted by Crippen LogP contribution is 2.35. The van der Waals surface area contributed by atoms with Crippen molar-refractivity contribution in [3.63, 3.8) is 0 Å². The lowest BCUT2D eigenvalue weighted by Crippen LogP contribution is -2.23. The molecule has 0 spiro atoms. The van der Waals surface area contributed by atoms with Gasteiger partial charge in [-0.3, -0.25) is 0 Å². The highest BCUT2D eigenvalue weighted by molar-refractivity contribution is 6.39. The fourth-order valence-electron chi connectivity index (χ4n) is 1.12. The van der Waals surface area contributed by atoms with Crippen molar-refractivity contribution < 1.29 is 18.7 Å². The number of ether oxygens (including phenoxy) is 2. The Hall–Kier alpha value is -1.31. The maximum atomic E-state index is 13.3. The highest BCUT2D eigenvalue weighted by Gasteiger charge is 2.17. The zero-order valence-electron chi connectivity index (χ0n) is 11.0. The predicted molar refractivity (Wildman–Crippen MR) is 73.6 cm³/mol. The zero-order valence-corrected chi connectivity index (χ0v) is 12.5. The van der Waals surface area contributed by atoms with Crippen LogP contribution >= 0.6 is 23.2 Å². The Morgan fingerprint density at radius 2 is 2.05 bits per heavy atom. The lowest BCUT2D eigenvalue weighted by atomic mass is 10.4. The topological polar surface area (TPSA) is 77.7 Å². The second kappa shape index (κ2) is 7.47. The Balaban J connectivity index is 2.56. The average molecular weight is 326 g/mol. The van der Waals surface area contributed by atoms with Gasteiger partial charge in [0.1, 0.15) is 16.7 Å². The second-order valence-electron chi connectivity index (χ2n) is 4.06. The molecule has 0 saturated heterocycles. The van der Waals surface area contributed by atoms with Crippen molar-refractivity contribution >= 4 is 34.9 Å². The number of aromatic nitrogens is 1. The third-order valence-electron chi connectivity index (χ3n) is 2.17. The summed E-state index contributed by atoms with van der Waals surface area (Å²) in [6, 6.07) is 0. The summed E-state index contributed by atoms with van der Waals surface area (Å²) >= 11 is 11.3. The molecule has 20 heavy (non-hydrogen) atoms. The van der Waals surface area contributed by atoms with Crippen molar-refractivity contribution in [2.24, 2.45) is 0 Å². The van der Waals surface area contributed by atoms with Gasteiger partial charge < -0.3 is 20.1 Å². The van der Waals surface area contributed by atoms with E-state index in [4.69, 9.17) is 38.4 Å². The Morgan fingerprint density at radius 1 is 1.40 bits per heavy atom. The van der Waals surface area contributed by atoms with E-state index in [1.807, 2.05) is 19.0 Å². The maximum absolute atomic E-state index is 13.3. The lowest BCUT2D eigenvalue weighted by Gasteiger charge is -2.11.